The van der Waals surface area contributed by atoms with Crippen LogP contribution in [-0.4, -0.2) is 30.1 Å². The Kier molecular flexibility index (Phi) is 5.93. The van der Waals surface area contributed by atoms with Crippen molar-refractivity contribution in [2.75, 3.05) is 19.3 Å². The normalized spacial score (nSPS) is 22.4. The third-order valence-electron chi connectivity index (χ3n) is 3.61. The zero-order chi connectivity index (χ0) is 15.3. The Bertz CT molecular complexity index is 516. The molecule has 0 amide bonds. The van der Waals surface area contributed by atoms with Crippen LogP contribution in [0, 0.1) is 5.82 Å². The molecular weight excluding hydrogens is 353 g/mol. The smallest absolute Gasteiger partial charge is 0.191 e. The molecule has 2 N–H and O–H groups in total. The molecule has 1 unspecified atom stereocenters. The lowest BCUT2D eigenvalue weighted by molar-refractivity contribution is 0.580. The van der Waals surface area contributed by atoms with Gasteiger partial charge in [0.25, 0.3) is 0 Å². The van der Waals surface area contributed by atoms with Crippen molar-refractivity contribution in [2.24, 2.45) is 4.99 Å². The van der Waals surface area contributed by atoms with Gasteiger partial charge in [-0.25, -0.2) is 4.39 Å². The lowest BCUT2D eigenvalue weighted by Crippen LogP contribution is -2.43. The first kappa shape index (κ1) is 16.6. The average Bonchev–Trinajstić information content (AvgIpc) is 2.90. The number of hydrogen-bond acceptors (Lipinski definition) is 2. The zero-order valence-corrected chi connectivity index (χ0v) is 14.8. The van der Waals surface area contributed by atoms with E-state index >= 15 is 0 Å². The number of benzene rings is 1. The van der Waals surface area contributed by atoms with Crippen LogP contribution in [0.25, 0.3) is 0 Å². The summed E-state index contributed by atoms with van der Waals surface area (Å²) in [5, 5.41) is 6.50. The van der Waals surface area contributed by atoms with Gasteiger partial charge in [0, 0.05) is 34.9 Å². The van der Waals surface area contributed by atoms with E-state index in [0.717, 1.165) is 11.0 Å². The molecule has 1 aromatic carbocycles. The molecule has 0 aromatic heterocycles. The Labute approximate surface area is 138 Å². The predicted octanol–water partition coefficient (Wildman–Crippen LogP) is 3.54. The number of thioether (sulfide) groups is 1. The maximum atomic E-state index is 13.7. The summed E-state index contributed by atoms with van der Waals surface area (Å²) >= 11 is 5.36. The van der Waals surface area contributed by atoms with Gasteiger partial charge >= 0.3 is 0 Å². The molecule has 1 saturated heterocycles. The molecular formula is C15H21BrFN3S. The molecule has 2 rings (SSSR count). The molecule has 6 heteroatoms. The summed E-state index contributed by atoms with van der Waals surface area (Å²) in [6.45, 7) is 3.56. The molecule has 3 nitrogen and oxygen atoms in total. The highest BCUT2D eigenvalue weighted by Crippen LogP contribution is 2.36. The molecule has 0 bridgehead atoms. The fourth-order valence-electron chi connectivity index (χ4n) is 2.33. The van der Waals surface area contributed by atoms with Gasteiger partial charge in [-0.05, 0) is 43.7 Å². The molecule has 0 saturated carbocycles. The molecule has 21 heavy (non-hydrogen) atoms. The zero-order valence-electron chi connectivity index (χ0n) is 12.4. The summed E-state index contributed by atoms with van der Waals surface area (Å²) in [5.41, 5.74) is 0.619. The molecule has 0 radical (unpaired) electrons. The minimum absolute atomic E-state index is 0.209. The van der Waals surface area contributed by atoms with E-state index in [-0.39, 0.29) is 10.6 Å². The molecule has 1 aliphatic heterocycles. The Hall–Kier alpha value is -0.750. The molecule has 0 aliphatic carbocycles. The lowest BCUT2D eigenvalue weighted by atomic mass is 10.1. The van der Waals surface area contributed by atoms with Gasteiger partial charge < -0.3 is 10.6 Å². The van der Waals surface area contributed by atoms with Gasteiger partial charge in [-0.1, -0.05) is 15.9 Å². The Morgan fingerprint density at radius 1 is 1.48 bits per heavy atom. The van der Waals surface area contributed by atoms with Gasteiger partial charge in [0.1, 0.15) is 5.82 Å². The van der Waals surface area contributed by atoms with Crippen molar-refractivity contribution in [1.82, 2.24) is 10.6 Å². The first-order valence-corrected chi connectivity index (χ1v) is 8.83. The number of halogens is 2. The van der Waals surface area contributed by atoms with Crippen LogP contribution in [0.5, 0.6) is 0 Å². The largest absolute Gasteiger partial charge is 0.355 e. The number of aliphatic imine (C=N–C) groups is 1. The van der Waals surface area contributed by atoms with Crippen molar-refractivity contribution < 1.29 is 4.39 Å². The summed E-state index contributed by atoms with van der Waals surface area (Å²) in [4.78, 5) is 4.20. The third-order valence-corrected chi connectivity index (χ3v) is 5.64. The average molecular weight is 374 g/mol. The van der Waals surface area contributed by atoms with Crippen molar-refractivity contribution in [1.29, 1.82) is 0 Å². The van der Waals surface area contributed by atoms with E-state index in [1.165, 1.54) is 24.7 Å². The van der Waals surface area contributed by atoms with Crippen LogP contribution < -0.4 is 10.6 Å². The maximum Gasteiger partial charge on any atom is 0.191 e. The molecule has 1 aliphatic rings. The standard InChI is InChI=1S/C15H21BrFN3S/c1-15(6-3-7-21-15)10-20-14(18-2)19-9-11-8-12(16)4-5-13(11)17/h4-5,8H,3,6-7,9-10H2,1-2H3,(H2,18,19,20). The number of hydrogen-bond donors (Lipinski definition) is 2. The van der Waals surface area contributed by atoms with Gasteiger partial charge in [-0.15, -0.1) is 0 Å². The van der Waals surface area contributed by atoms with Crippen molar-refractivity contribution in [2.45, 2.75) is 31.1 Å². The molecule has 1 atom stereocenters. The first-order valence-electron chi connectivity index (χ1n) is 7.05. The van der Waals surface area contributed by atoms with E-state index in [2.05, 4.69) is 38.5 Å². The summed E-state index contributed by atoms with van der Waals surface area (Å²) in [6, 6.07) is 4.95. The fraction of sp³-hybridized carbons (Fsp3) is 0.533. The van der Waals surface area contributed by atoms with Gasteiger partial charge in [-0.3, -0.25) is 4.99 Å². The van der Waals surface area contributed by atoms with E-state index in [9.17, 15) is 4.39 Å². The van der Waals surface area contributed by atoms with Crippen molar-refractivity contribution in [3.05, 3.63) is 34.1 Å². The highest BCUT2D eigenvalue weighted by Gasteiger charge is 2.29. The number of guanidine groups is 1. The maximum absolute atomic E-state index is 13.7. The monoisotopic (exact) mass is 373 g/mol. The Morgan fingerprint density at radius 3 is 2.95 bits per heavy atom. The van der Waals surface area contributed by atoms with Gasteiger partial charge in [-0.2, -0.15) is 11.8 Å². The second-order valence-electron chi connectivity index (χ2n) is 5.42. The second-order valence-corrected chi connectivity index (χ2v) is 8.02. The van der Waals surface area contributed by atoms with E-state index in [4.69, 9.17) is 0 Å². The minimum Gasteiger partial charge on any atom is -0.355 e. The first-order chi connectivity index (χ1) is 10.0. The number of nitrogens with one attached hydrogen (secondary N) is 2. The SMILES string of the molecule is CN=C(NCc1cc(Br)ccc1F)NCC1(C)CCCS1. The van der Waals surface area contributed by atoms with Crippen LogP contribution in [0.4, 0.5) is 4.39 Å². The molecule has 0 spiro atoms. The third kappa shape index (κ3) is 4.88. The van der Waals surface area contributed by atoms with Crippen LogP contribution >= 0.6 is 27.7 Å². The highest BCUT2D eigenvalue weighted by atomic mass is 79.9. The quantitative estimate of drug-likeness (QED) is 0.625. The predicted molar refractivity (Wildman–Crippen MR) is 92.4 cm³/mol. The van der Waals surface area contributed by atoms with E-state index < -0.39 is 0 Å². The van der Waals surface area contributed by atoms with Crippen LogP contribution in [0.3, 0.4) is 0 Å². The minimum atomic E-state index is -0.209. The van der Waals surface area contributed by atoms with Crippen molar-refractivity contribution in [3.8, 4) is 0 Å². The van der Waals surface area contributed by atoms with Gasteiger partial charge in [0.15, 0.2) is 5.96 Å². The summed E-state index contributed by atoms with van der Waals surface area (Å²) in [5.74, 6) is 1.73. The number of rotatable bonds is 4. The van der Waals surface area contributed by atoms with Crippen LogP contribution in [0.2, 0.25) is 0 Å². The molecule has 116 valence electrons. The van der Waals surface area contributed by atoms with E-state index in [1.807, 2.05) is 11.8 Å². The lowest BCUT2D eigenvalue weighted by Gasteiger charge is -2.24. The Morgan fingerprint density at radius 2 is 2.29 bits per heavy atom. The summed E-state index contributed by atoms with van der Waals surface area (Å²) in [6.07, 6.45) is 2.50. The van der Waals surface area contributed by atoms with Crippen LogP contribution in [-0.2, 0) is 6.54 Å². The molecule has 1 fully saturated rings. The van der Waals surface area contributed by atoms with Gasteiger partial charge in [0.05, 0.1) is 0 Å². The van der Waals surface area contributed by atoms with Crippen LogP contribution in [0.1, 0.15) is 25.3 Å². The molecule has 1 aromatic rings. The highest BCUT2D eigenvalue weighted by molar-refractivity contribution is 9.10. The van der Waals surface area contributed by atoms with Crippen LogP contribution in [0.15, 0.2) is 27.7 Å². The topological polar surface area (TPSA) is 36.4 Å². The second kappa shape index (κ2) is 7.49. The van der Waals surface area contributed by atoms with E-state index in [0.29, 0.717) is 18.1 Å². The van der Waals surface area contributed by atoms with Gasteiger partial charge in [0.2, 0.25) is 0 Å². The Balaban J connectivity index is 1.86. The number of nitrogens with zero attached hydrogens (tertiary/aromatic N) is 1. The van der Waals surface area contributed by atoms with E-state index in [1.54, 1.807) is 19.2 Å². The van der Waals surface area contributed by atoms with Crippen molar-refractivity contribution in [3.63, 3.8) is 0 Å². The summed E-state index contributed by atoms with van der Waals surface area (Å²) in [7, 11) is 1.73. The van der Waals surface area contributed by atoms with Crippen molar-refractivity contribution >= 4 is 33.7 Å². The summed E-state index contributed by atoms with van der Waals surface area (Å²) < 4.78 is 14.8. The molecule has 1 heterocycles. The fourth-order valence-corrected chi connectivity index (χ4v) is 3.98.